The molecule has 0 unspecified atom stereocenters. The molecule has 2 bridgehead atoms. The van der Waals surface area contributed by atoms with Crippen LogP contribution in [0.1, 0.15) is 98.0 Å². The third kappa shape index (κ3) is 8.11. The summed E-state index contributed by atoms with van der Waals surface area (Å²) < 4.78 is 2.10. The number of hydrogen-bond acceptors (Lipinski definition) is 5. The van der Waals surface area contributed by atoms with Crippen molar-refractivity contribution in [3.63, 3.8) is 0 Å². The topological polar surface area (TPSA) is 79.3 Å². The van der Waals surface area contributed by atoms with Gasteiger partial charge in [0.2, 0.25) is 0 Å². The first-order valence-corrected chi connectivity index (χ1v) is 14.8. The molecule has 9 heteroatoms. The van der Waals surface area contributed by atoms with E-state index in [-0.39, 0.29) is 17.9 Å². The molecular formula is C29H42BN5O2S. The van der Waals surface area contributed by atoms with Crippen LogP contribution in [0, 0.1) is 0 Å². The van der Waals surface area contributed by atoms with Crippen molar-refractivity contribution in [3.05, 3.63) is 58.1 Å². The van der Waals surface area contributed by atoms with Gasteiger partial charge in [-0.15, -0.1) is 0 Å². The molecule has 0 atom stereocenters. The molecule has 38 heavy (non-hydrogen) atoms. The van der Waals surface area contributed by atoms with Crippen molar-refractivity contribution in [1.82, 2.24) is 19.7 Å². The van der Waals surface area contributed by atoms with Gasteiger partial charge in [-0.05, 0) is 0 Å². The molecule has 0 spiro atoms. The number of amides is 2. The third-order valence-corrected chi connectivity index (χ3v) is 7.79. The molecule has 0 radical (unpaired) electrons. The number of rotatable bonds is 7. The summed E-state index contributed by atoms with van der Waals surface area (Å²) in [4.78, 5) is 33.6. The summed E-state index contributed by atoms with van der Waals surface area (Å²) in [5.41, 5.74) is 3.54. The predicted octanol–water partition coefficient (Wildman–Crippen LogP) is 6.04. The van der Waals surface area contributed by atoms with Crippen molar-refractivity contribution in [2.24, 2.45) is 0 Å². The molecule has 3 rings (SSSR count). The summed E-state index contributed by atoms with van der Waals surface area (Å²) in [6.07, 6.45) is 13.9. The molecule has 0 saturated carbocycles. The number of carbonyl (C=O) groups is 2. The normalized spacial score (nSPS) is 18.7. The van der Waals surface area contributed by atoms with Crippen molar-refractivity contribution in [2.75, 3.05) is 31.5 Å². The van der Waals surface area contributed by atoms with Crippen LogP contribution in [0.25, 0.3) is 5.57 Å². The Hall–Kier alpha value is -2.78. The van der Waals surface area contributed by atoms with Crippen LogP contribution in [-0.2, 0) is 0 Å². The van der Waals surface area contributed by atoms with E-state index in [1.807, 2.05) is 19.3 Å². The van der Waals surface area contributed by atoms with Crippen molar-refractivity contribution in [3.8, 4) is 0 Å². The Bertz CT molecular complexity index is 1160. The number of anilines is 1. The molecule has 7 nitrogen and oxygen atoms in total. The average molecular weight is 536 g/mol. The van der Waals surface area contributed by atoms with Crippen LogP contribution in [0.5, 0.6) is 0 Å². The summed E-state index contributed by atoms with van der Waals surface area (Å²) in [6.45, 7) is 15.7. The van der Waals surface area contributed by atoms with Crippen molar-refractivity contribution >= 4 is 41.5 Å². The van der Waals surface area contributed by atoms with Gasteiger partial charge < -0.3 is 0 Å². The first-order valence-electron chi connectivity index (χ1n) is 13.9. The fraction of sp³-hybridized carbons (Fsp3) is 0.517. The van der Waals surface area contributed by atoms with E-state index in [1.165, 1.54) is 16.9 Å². The van der Waals surface area contributed by atoms with Crippen LogP contribution in [0.3, 0.4) is 0 Å². The Kier molecular flexibility index (Phi) is 11.7. The third-order valence-electron chi connectivity index (χ3n) is 6.89. The molecular weight excluding hydrogens is 493 g/mol. The zero-order valence-corrected chi connectivity index (χ0v) is 24.2. The van der Waals surface area contributed by atoms with Gasteiger partial charge in [0.05, 0.1) is 0 Å². The van der Waals surface area contributed by atoms with Gasteiger partial charge in [0.25, 0.3) is 0 Å². The van der Waals surface area contributed by atoms with E-state index in [9.17, 15) is 9.59 Å². The number of allylic oxidation sites excluding steroid dienone is 5. The second-order valence-electron chi connectivity index (χ2n) is 9.90. The summed E-state index contributed by atoms with van der Waals surface area (Å²) in [5.74, 6) is -0.490. The van der Waals surface area contributed by atoms with Crippen LogP contribution in [-0.4, -0.2) is 59.4 Å². The fourth-order valence-electron chi connectivity index (χ4n) is 4.85. The van der Waals surface area contributed by atoms with Crippen molar-refractivity contribution in [1.29, 1.82) is 0 Å². The number of likely N-dealkylation sites (N-methyl/N-ethyl adjacent to an activating group) is 1. The molecule has 0 fully saturated rings. The van der Waals surface area contributed by atoms with E-state index in [0.717, 1.165) is 68.7 Å². The van der Waals surface area contributed by atoms with Crippen molar-refractivity contribution in [2.45, 2.75) is 72.3 Å². The summed E-state index contributed by atoms with van der Waals surface area (Å²) in [7, 11) is 1.89. The quantitative estimate of drug-likeness (QED) is 0.453. The van der Waals surface area contributed by atoms with Gasteiger partial charge in [-0.25, -0.2) is 0 Å². The standard InChI is InChI=1S/C29H42BN5O2S/c1-6-11-22-18-21(5)14-10-16-34(9-4)17-15-31-28(37)26-24(32-27(36)25-20-38-29(22)33-25)19-35(30-26)23(12-7-2)13-8-3/h6,11,18-20,23H,1,7-10,12-17H2,2-5H3,(H,31,37)(H,32,36)/b21-18+,22-11+. The van der Waals surface area contributed by atoms with E-state index in [2.05, 4.69) is 65.3 Å². The van der Waals surface area contributed by atoms with E-state index >= 15 is 0 Å². The Morgan fingerprint density at radius 3 is 2.63 bits per heavy atom. The summed E-state index contributed by atoms with van der Waals surface area (Å²) in [5, 5.41) is 8.60. The Morgan fingerprint density at radius 2 is 1.95 bits per heavy atom. The first kappa shape index (κ1) is 29.8. The van der Waals surface area contributed by atoms with E-state index in [1.54, 1.807) is 11.5 Å². The second-order valence-corrected chi connectivity index (χ2v) is 10.8. The zero-order chi connectivity index (χ0) is 27.5. The van der Waals surface area contributed by atoms with Gasteiger partial charge in [0.15, 0.2) is 0 Å². The molecule has 2 aromatic rings. The van der Waals surface area contributed by atoms with Gasteiger partial charge in [-0.3, -0.25) is 0 Å². The van der Waals surface area contributed by atoms with Gasteiger partial charge in [-0.2, -0.15) is 0 Å². The maximum atomic E-state index is 13.3. The van der Waals surface area contributed by atoms with Gasteiger partial charge in [-0.1, -0.05) is 0 Å². The van der Waals surface area contributed by atoms with E-state index < -0.39 is 0 Å². The number of fused-ring (bicyclic) bond motifs is 3. The van der Waals surface area contributed by atoms with Gasteiger partial charge >= 0.3 is 233 Å². The van der Waals surface area contributed by atoms with Crippen LogP contribution < -0.4 is 10.6 Å². The Balaban J connectivity index is 1.99. The number of aromatic nitrogens is 2. The van der Waals surface area contributed by atoms with Crippen LogP contribution in [0.15, 0.2) is 42.0 Å². The molecule has 2 N–H and O–H groups in total. The fourth-order valence-corrected chi connectivity index (χ4v) is 5.65. The van der Waals surface area contributed by atoms with Crippen LogP contribution in [0.4, 0.5) is 5.69 Å². The zero-order valence-electron chi connectivity index (χ0n) is 23.4. The molecule has 1 aliphatic heterocycles. The number of hydrogen-bond donors (Lipinski definition) is 2. The monoisotopic (exact) mass is 535 g/mol. The second kappa shape index (κ2) is 15.0. The van der Waals surface area contributed by atoms with E-state index in [0.29, 0.717) is 23.4 Å². The number of thiazole rings is 1. The number of carbonyl (C=O) groups excluding carboxylic acids is 2. The molecule has 0 aromatic carbocycles. The summed E-state index contributed by atoms with van der Waals surface area (Å²) >= 11 is 1.43. The van der Waals surface area contributed by atoms with Crippen molar-refractivity contribution < 1.29 is 9.59 Å². The van der Waals surface area contributed by atoms with Crippen LogP contribution in [0.2, 0.25) is 0 Å². The van der Waals surface area contributed by atoms with Gasteiger partial charge in [0, 0.05) is 0 Å². The summed E-state index contributed by atoms with van der Waals surface area (Å²) in [6, 6.07) is 0.284. The SMILES string of the molecule is C=C/C=C1\C=C(/C)CCCN(CC)CCNC(=O)c2bn(C(CCC)CCC)cc2NC(=O)c2csc1n2. The molecule has 204 valence electrons. The minimum absolute atomic E-state index is 0.170. The molecule has 0 aliphatic carbocycles. The van der Waals surface area contributed by atoms with Gasteiger partial charge in [0.1, 0.15) is 0 Å². The Labute approximate surface area is 232 Å². The Morgan fingerprint density at radius 1 is 1.18 bits per heavy atom. The average Bonchev–Trinajstić information content (AvgIpc) is 3.55. The molecule has 2 amide bonds. The number of nitrogens with one attached hydrogen (secondary N) is 2. The molecule has 3 heterocycles. The first-order chi connectivity index (χ1) is 18.4. The van der Waals surface area contributed by atoms with Crippen LogP contribution >= 0.6 is 11.3 Å². The molecule has 0 saturated heterocycles. The maximum absolute atomic E-state index is 13.3. The minimum atomic E-state index is -0.321. The molecule has 1 aliphatic rings. The van der Waals surface area contributed by atoms with E-state index in [4.69, 9.17) is 0 Å². The number of nitrogens with zero attached hydrogens (tertiary/aromatic N) is 3. The predicted molar refractivity (Wildman–Crippen MR) is 160 cm³/mol. The molecule has 2 aromatic heterocycles.